The first-order valence-corrected chi connectivity index (χ1v) is 7.26. The normalized spacial score (nSPS) is 11.5. The number of aliphatic imine (C=N–C) groups is 1. The van der Waals surface area contributed by atoms with Gasteiger partial charge >= 0.3 is 0 Å². The van der Waals surface area contributed by atoms with Gasteiger partial charge in [-0.05, 0) is 30.5 Å². The second-order valence-electron chi connectivity index (χ2n) is 5.18. The van der Waals surface area contributed by atoms with Crippen LogP contribution in [0.1, 0.15) is 17.0 Å². The maximum atomic E-state index is 4.31. The molecule has 7 nitrogen and oxygen atoms in total. The van der Waals surface area contributed by atoms with Crippen LogP contribution in [0.5, 0.6) is 0 Å². The molecule has 0 aromatic carbocycles. The van der Waals surface area contributed by atoms with E-state index in [0.29, 0.717) is 6.54 Å². The molecule has 2 aromatic rings. The van der Waals surface area contributed by atoms with E-state index in [1.54, 1.807) is 18.1 Å². The SMILES string of the molecule is CN=C(NCCc1ccncc1C)N(C)Cc1ncnn1C. The molecule has 0 radical (unpaired) electrons. The van der Waals surface area contributed by atoms with Gasteiger partial charge in [-0.25, -0.2) is 4.98 Å². The molecule has 0 amide bonds. The van der Waals surface area contributed by atoms with Crippen LogP contribution in [0.2, 0.25) is 0 Å². The molecule has 0 aliphatic carbocycles. The van der Waals surface area contributed by atoms with Gasteiger partial charge in [0.05, 0.1) is 6.54 Å². The zero-order valence-corrected chi connectivity index (χ0v) is 13.6. The summed E-state index contributed by atoms with van der Waals surface area (Å²) in [5, 5.41) is 7.45. The summed E-state index contributed by atoms with van der Waals surface area (Å²) in [6.45, 7) is 3.56. The van der Waals surface area contributed by atoms with Crippen LogP contribution in [-0.2, 0) is 20.0 Å². The van der Waals surface area contributed by atoms with Crippen molar-refractivity contribution in [1.82, 2.24) is 30.0 Å². The molecule has 0 bridgehead atoms. The van der Waals surface area contributed by atoms with E-state index in [-0.39, 0.29) is 0 Å². The second kappa shape index (κ2) is 7.53. The Labute approximate surface area is 131 Å². The van der Waals surface area contributed by atoms with Gasteiger partial charge in [0.2, 0.25) is 0 Å². The fraction of sp³-hybridized carbons (Fsp3) is 0.467. The molecular weight excluding hydrogens is 278 g/mol. The predicted octanol–water partition coefficient (Wildman–Crippen LogP) is 0.768. The fourth-order valence-electron chi connectivity index (χ4n) is 2.23. The lowest BCUT2D eigenvalue weighted by Gasteiger charge is -2.21. The molecule has 118 valence electrons. The Balaban J connectivity index is 1.87. The van der Waals surface area contributed by atoms with Gasteiger partial charge in [-0.1, -0.05) is 0 Å². The van der Waals surface area contributed by atoms with Gasteiger partial charge in [-0.3, -0.25) is 14.7 Å². The third-order valence-electron chi connectivity index (χ3n) is 3.57. The summed E-state index contributed by atoms with van der Waals surface area (Å²) in [4.78, 5) is 14.7. The van der Waals surface area contributed by atoms with Gasteiger partial charge in [0.15, 0.2) is 5.96 Å². The molecule has 0 aliphatic heterocycles. The minimum Gasteiger partial charge on any atom is -0.356 e. The maximum Gasteiger partial charge on any atom is 0.193 e. The van der Waals surface area contributed by atoms with E-state index < -0.39 is 0 Å². The van der Waals surface area contributed by atoms with Crippen molar-refractivity contribution in [3.8, 4) is 0 Å². The standard InChI is InChI=1S/C15H23N7/c1-12-9-17-7-5-13(12)6-8-18-15(16-2)21(3)10-14-19-11-20-22(14)4/h5,7,9,11H,6,8,10H2,1-4H3,(H,16,18). The molecular formula is C15H23N7. The van der Waals surface area contributed by atoms with Crippen LogP contribution in [0, 0.1) is 6.92 Å². The first-order valence-electron chi connectivity index (χ1n) is 7.26. The highest BCUT2D eigenvalue weighted by molar-refractivity contribution is 5.79. The number of guanidine groups is 1. The molecule has 0 saturated heterocycles. The highest BCUT2D eigenvalue weighted by Gasteiger charge is 2.09. The number of aromatic nitrogens is 4. The highest BCUT2D eigenvalue weighted by atomic mass is 15.4. The van der Waals surface area contributed by atoms with Crippen molar-refractivity contribution < 1.29 is 0 Å². The van der Waals surface area contributed by atoms with Gasteiger partial charge in [0, 0.05) is 40.1 Å². The van der Waals surface area contributed by atoms with E-state index in [9.17, 15) is 0 Å². The molecule has 0 atom stereocenters. The Hall–Kier alpha value is -2.44. The van der Waals surface area contributed by atoms with Gasteiger partial charge in [-0.2, -0.15) is 5.10 Å². The molecule has 2 rings (SSSR count). The summed E-state index contributed by atoms with van der Waals surface area (Å²) in [5.41, 5.74) is 2.51. The lowest BCUT2D eigenvalue weighted by molar-refractivity contribution is 0.449. The molecule has 22 heavy (non-hydrogen) atoms. The number of aryl methyl sites for hydroxylation is 2. The topological polar surface area (TPSA) is 71.2 Å². The minimum atomic E-state index is 0.657. The first kappa shape index (κ1) is 15.9. The van der Waals surface area contributed by atoms with E-state index in [2.05, 4.69) is 38.4 Å². The number of pyridine rings is 1. The Morgan fingerprint density at radius 2 is 2.27 bits per heavy atom. The Bertz CT molecular complexity index is 632. The van der Waals surface area contributed by atoms with Crippen molar-refractivity contribution in [1.29, 1.82) is 0 Å². The number of nitrogens with one attached hydrogen (secondary N) is 1. The van der Waals surface area contributed by atoms with Crippen molar-refractivity contribution in [2.24, 2.45) is 12.0 Å². The first-order chi connectivity index (χ1) is 10.6. The summed E-state index contributed by atoms with van der Waals surface area (Å²) < 4.78 is 1.77. The van der Waals surface area contributed by atoms with Gasteiger partial charge in [0.25, 0.3) is 0 Å². The third-order valence-corrected chi connectivity index (χ3v) is 3.57. The Kier molecular flexibility index (Phi) is 5.46. The molecule has 0 fully saturated rings. The van der Waals surface area contributed by atoms with Crippen molar-refractivity contribution in [3.05, 3.63) is 41.7 Å². The molecule has 0 aliphatic rings. The van der Waals surface area contributed by atoms with Crippen LogP contribution in [-0.4, -0.2) is 51.2 Å². The molecule has 7 heteroatoms. The van der Waals surface area contributed by atoms with Crippen molar-refractivity contribution in [2.75, 3.05) is 20.6 Å². The summed E-state index contributed by atoms with van der Waals surface area (Å²) in [6.07, 6.45) is 6.22. The van der Waals surface area contributed by atoms with Crippen LogP contribution in [0.3, 0.4) is 0 Å². The van der Waals surface area contributed by atoms with Crippen LogP contribution in [0.4, 0.5) is 0 Å². The van der Waals surface area contributed by atoms with Crippen LogP contribution >= 0.6 is 0 Å². The zero-order chi connectivity index (χ0) is 15.9. The summed E-state index contributed by atoms with van der Waals surface area (Å²) in [5.74, 6) is 1.74. The number of hydrogen-bond acceptors (Lipinski definition) is 4. The maximum absolute atomic E-state index is 4.31. The van der Waals surface area contributed by atoms with Crippen molar-refractivity contribution >= 4 is 5.96 Å². The van der Waals surface area contributed by atoms with Gasteiger partial charge in [-0.15, -0.1) is 0 Å². The monoisotopic (exact) mass is 301 g/mol. The lowest BCUT2D eigenvalue weighted by Crippen LogP contribution is -2.39. The summed E-state index contributed by atoms with van der Waals surface area (Å²) in [6, 6.07) is 2.06. The van der Waals surface area contributed by atoms with E-state index in [4.69, 9.17) is 0 Å². The smallest absolute Gasteiger partial charge is 0.193 e. The molecule has 0 unspecified atom stereocenters. The second-order valence-corrected chi connectivity index (χ2v) is 5.18. The van der Waals surface area contributed by atoms with Crippen molar-refractivity contribution in [2.45, 2.75) is 19.9 Å². The van der Waals surface area contributed by atoms with Crippen LogP contribution in [0.25, 0.3) is 0 Å². The molecule has 2 heterocycles. The third kappa shape index (κ3) is 4.03. The van der Waals surface area contributed by atoms with E-state index >= 15 is 0 Å². The largest absolute Gasteiger partial charge is 0.356 e. The Morgan fingerprint density at radius 1 is 1.45 bits per heavy atom. The van der Waals surface area contributed by atoms with E-state index in [1.807, 2.05) is 31.4 Å². The van der Waals surface area contributed by atoms with Crippen molar-refractivity contribution in [3.63, 3.8) is 0 Å². The number of rotatable bonds is 5. The van der Waals surface area contributed by atoms with Gasteiger partial charge in [0.1, 0.15) is 12.2 Å². The molecule has 2 aromatic heterocycles. The minimum absolute atomic E-state index is 0.657. The quantitative estimate of drug-likeness (QED) is 0.652. The average molecular weight is 301 g/mol. The molecule has 0 spiro atoms. The van der Waals surface area contributed by atoms with Crippen LogP contribution in [0.15, 0.2) is 29.8 Å². The Morgan fingerprint density at radius 3 is 2.91 bits per heavy atom. The van der Waals surface area contributed by atoms with E-state index in [0.717, 1.165) is 24.7 Å². The van der Waals surface area contributed by atoms with Crippen LogP contribution < -0.4 is 5.32 Å². The van der Waals surface area contributed by atoms with Gasteiger partial charge < -0.3 is 10.2 Å². The summed E-state index contributed by atoms with van der Waals surface area (Å²) in [7, 11) is 5.66. The predicted molar refractivity (Wildman–Crippen MR) is 86.5 cm³/mol. The molecule has 0 saturated carbocycles. The number of nitrogens with zero attached hydrogens (tertiary/aromatic N) is 6. The highest BCUT2D eigenvalue weighted by Crippen LogP contribution is 2.05. The van der Waals surface area contributed by atoms with E-state index in [1.165, 1.54) is 11.1 Å². The zero-order valence-electron chi connectivity index (χ0n) is 13.6. The lowest BCUT2D eigenvalue weighted by atomic mass is 10.1. The summed E-state index contributed by atoms with van der Waals surface area (Å²) >= 11 is 0. The average Bonchev–Trinajstić information content (AvgIpc) is 2.90. The molecule has 1 N–H and O–H groups in total. The fourth-order valence-corrected chi connectivity index (χ4v) is 2.23. The number of hydrogen-bond donors (Lipinski definition) is 1.